The Morgan fingerprint density at radius 3 is 2.62 bits per heavy atom. The van der Waals surface area contributed by atoms with Crippen molar-refractivity contribution in [1.29, 1.82) is 0 Å². The first kappa shape index (κ1) is 17.7. The normalized spacial score (nSPS) is 10.5. The van der Waals surface area contributed by atoms with Gasteiger partial charge in [-0.1, -0.05) is 12.1 Å². The fourth-order valence-electron chi connectivity index (χ4n) is 2.63. The number of rotatable bonds is 7. The highest BCUT2D eigenvalue weighted by Crippen LogP contribution is 2.18. The number of amides is 1. The maximum absolute atomic E-state index is 12.2. The molecule has 2 aromatic heterocycles. The van der Waals surface area contributed by atoms with Gasteiger partial charge in [0.2, 0.25) is 5.91 Å². The molecule has 0 aliphatic rings. The van der Waals surface area contributed by atoms with Crippen LogP contribution < -0.4 is 10.1 Å². The van der Waals surface area contributed by atoms with Gasteiger partial charge in [-0.2, -0.15) is 5.10 Å². The predicted octanol–water partition coefficient (Wildman–Crippen LogP) is 2.74. The van der Waals surface area contributed by atoms with Gasteiger partial charge in [-0.3, -0.25) is 14.5 Å². The molecule has 6 heteroatoms. The van der Waals surface area contributed by atoms with Crippen LogP contribution in [0.1, 0.15) is 18.1 Å². The van der Waals surface area contributed by atoms with Gasteiger partial charge in [0.1, 0.15) is 5.75 Å². The summed E-state index contributed by atoms with van der Waals surface area (Å²) in [7, 11) is 1.88. The molecule has 0 spiro atoms. The third kappa shape index (κ3) is 4.69. The Labute approximate surface area is 152 Å². The van der Waals surface area contributed by atoms with E-state index in [1.165, 1.54) is 0 Å². The van der Waals surface area contributed by atoms with E-state index in [0.29, 0.717) is 19.6 Å². The summed E-state index contributed by atoms with van der Waals surface area (Å²) in [5.41, 5.74) is 3.89. The molecular formula is C20H22N4O2. The molecule has 0 bridgehead atoms. The largest absolute Gasteiger partial charge is 0.494 e. The van der Waals surface area contributed by atoms with Crippen LogP contribution in [0, 0.1) is 0 Å². The minimum atomic E-state index is -0.0269. The van der Waals surface area contributed by atoms with E-state index in [1.807, 2.05) is 50.5 Å². The van der Waals surface area contributed by atoms with Crippen molar-refractivity contribution < 1.29 is 9.53 Å². The summed E-state index contributed by atoms with van der Waals surface area (Å²) < 4.78 is 7.16. The first-order chi connectivity index (χ1) is 12.6. The van der Waals surface area contributed by atoms with Gasteiger partial charge >= 0.3 is 0 Å². The maximum Gasteiger partial charge on any atom is 0.224 e. The summed E-state index contributed by atoms with van der Waals surface area (Å²) >= 11 is 0. The summed E-state index contributed by atoms with van der Waals surface area (Å²) in [6.07, 6.45) is 7.62. The third-order valence-electron chi connectivity index (χ3n) is 3.92. The molecule has 0 atom stereocenters. The lowest BCUT2D eigenvalue weighted by Crippen LogP contribution is -2.24. The van der Waals surface area contributed by atoms with Crippen LogP contribution in [0.5, 0.6) is 5.75 Å². The average Bonchev–Trinajstić information content (AvgIpc) is 3.09. The summed E-state index contributed by atoms with van der Waals surface area (Å²) in [5, 5.41) is 7.11. The fraction of sp³-hybridized carbons (Fsp3) is 0.250. The molecule has 26 heavy (non-hydrogen) atoms. The number of aromatic nitrogens is 3. The number of hydrogen-bond acceptors (Lipinski definition) is 4. The molecule has 1 N–H and O–H groups in total. The van der Waals surface area contributed by atoms with Crippen LogP contribution in [0.15, 0.2) is 55.1 Å². The second-order valence-corrected chi connectivity index (χ2v) is 6.02. The molecule has 6 nitrogen and oxygen atoms in total. The number of carbonyl (C=O) groups excluding carboxylic acids is 1. The fourth-order valence-corrected chi connectivity index (χ4v) is 2.63. The molecule has 0 saturated carbocycles. The zero-order chi connectivity index (χ0) is 18.4. The van der Waals surface area contributed by atoms with Crippen molar-refractivity contribution in [2.24, 2.45) is 7.05 Å². The van der Waals surface area contributed by atoms with Crippen LogP contribution in [0.4, 0.5) is 0 Å². The topological polar surface area (TPSA) is 69.0 Å². The highest BCUT2D eigenvalue weighted by atomic mass is 16.5. The summed E-state index contributed by atoms with van der Waals surface area (Å²) in [5.74, 6) is 0.788. The highest BCUT2D eigenvalue weighted by molar-refractivity contribution is 5.78. The number of carbonyl (C=O) groups is 1. The van der Waals surface area contributed by atoms with Gasteiger partial charge in [0.05, 0.1) is 19.2 Å². The smallest absolute Gasteiger partial charge is 0.224 e. The van der Waals surface area contributed by atoms with Crippen LogP contribution in [-0.2, 0) is 24.8 Å². The Morgan fingerprint density at radius 1 is 1.12 bits per heavy atom. The number of aryl methyl sites for hydroxylation is 1. The van der Waals surface area contributed by atoms with Crippen molar-refractivity contribution in [2.45, 2.75) is 19.9 Å². The van der Waals surface area contributed by atoms with E-state index in [2.05, 4.69) is 15.4 Å². The molecule has 1 aromatic carbocycles. The quantitative estimate of drug-likeness (QED) is 0.711. The predicted molar refractivity (Wildman–Crippen MR) is 99.6 cm³/mol. The number of benzene rings is 1. The number of nitrogens with zero attached hydrogens (tertiary/aromatic N) is 3. The van der Waals surface area contributed by atoms with E-state index < -0.39 is 0 Å². The molecule has 0 saturated heterocycles. The van der Waals surface area contributed by atoms with Crippen LogP contribution in [0.25, 0.3) is 11.1 Å². The standard InChI is InChI=1S/C20H22N4O2/c1-3-26-19-6-4-15(5-7-19)9-20(25)22-11-16-8-17(12-21-10-16)18-13-23-24(2)14-18/h4-8,10,12-14H,3,9,11H2,1-2H3,(H,22,25). The summed E-state index contributed by atoms with van der Waals surface area (Å²) in [6.45, 7) is 3.02. The minimum Gasteiger partial charge on any atom is -0.494 e. The Kier molecular flexibility index (Phi) is 5.63. The molecule has 0 radical (unpaired) electrons. The SMILES string of the molecule is CCOc1ccc(CC(=O)NCc2cncc(-c3cnn(C)c3)c2)cc1. The molecule has 3 rings (SSSR count). The van der Waals surface area contributed by atoms with Gasteiger partial charge in [0.25, 0.3) is 0 Å². The molecule has 0 aliphatic carbocycles. The van der Waals surface area contributed by atoms with Crippen molar-refractivity contribution in [3.05, 3.63) is 66.2 Å². The molecule has 3 aromatic rings. The van der Waals surface area contributed by atoms with Gasteiger partial charge in [-0.15, -0.1) is 0 Å². The van der Waals surface area contributed by atoms with Crippen molar-refractivity contribution >= 4 is 5.91 Å². The number of ether oxygens (including phenoxy) is 1. The molecule has 0 aliphatic heterocycles. The van der Waals surface area contributed by atoms with Gasteiger partial charge in [-0.25, -0.2) is 0 Å². The average molecular weight is 350 g/mol. The first-order valence-corrected chi connectivity index (χ1v) is 8.55. The summed E-state index contributed by atoms with van der Waals surface area (Å²) in [6, 6.07) is 9.60. The Balaban J connectivity index is 1.56. The van der Waals surface area contributed by atoms with E-state index in [4.69, 9.17) is 4.74 Å². The molecule has 0 fully saturated rings. The molecule has 1 amide bonds. The zero-order valence-corrected chi connectivity index (χ0v) is 15.0. The lowest BCUT2D eigenvalue weighted by Gasteiger charge is -2.07. The second-order valence-electron chi connectivity index (χ2n) is 6.02. The van der Waals surface area contributed by atoms with E-state index in [0.717, 1.165) is 28.0 Å². The van der Waals surface area contributed by atoms with E-state index in [-0.39, 0.29) is 5.91 Å². The second kappa shape index (κ2) is 8.29. The Morgan fingerprint density at radius 2 is 1.92 bits per heavy atom. The van der Waals surface area contributed by atoms with Gasteiger partial charge in [0.15, 0.2) is 0 Å². The monoisotopic (exact) mass is 350 g/mol. The van der Waals surface area contributed by atoms with Crippen LogP contribution in [-0.4, -0.2) is 27.3 Å². The summed E-state index contributed by atoms with van der Waals surface area (Å²) in [4.78, 5) is 16.4. The van der Waals surface area contributed by atoms with Crippen molar-refractivity contribution in [2.75, 3.05) is 6.61 Å². The van der Waals surface area contributed by atoms with E-state index >= 15 is 0 Å². The van der Waals surface area contributed by atoms with Crippen molar-refractivity contribution in [3.63, 3.8) is 0 Å². The zero-order valence-electron chi connectivity index (χ0n) is 15.0. The first-order valence-electron chi connectivity index (χ1n) is 8.55. The molecular weight excluding hydrogens is 328 g/mol. The third-order valence-corrected chi connectivity index (χ3v) is 3.92. The molecule has 2 heterocycles. The lowest BCUT2D eigenvalue weighted by molar-refractivity contribution is -0.120. The maximum atomic E-state index is 12.2. The van der Waals surface area contributed by atoms with Crippen molar-refractivity contribution in [1.82, 2.24) is 20.1 Å². The minimum absolute atomic E-state index is 0.0269. The Hall–Kier alpha value is -3.15. The van der Waals surface area contributed by atoms with E-state index in [9.17, 15) is 4.79 Å². The van der Waals surface area contributed by atoms with Crippen LogP contribution >= 0.6 is 0 Å². The van der Waals surface area contributed by atoms with Crippen LogP contribution in [0.2, 0.25) is 0 Å². The van der Waals surface area contributed by atoms with Crippen molar-refractivity contribution in [3.8, 4) is 16.9 Å². The van der Waals surface area contributed by atoms with Gasteiger partial charge in [0, 0.05) is 43.3 Å². The Bertz CT molecular complexity index is 872. The highest BCUT2D eigenvalue weighted by Gasteiger charge is 2.06. The molecule has 134 valence electrons. The van der Waals surface area contributed by atoms with Crippen LogP contribution in [0.3, 0.4) is 0 Å². The number of nitrogens with one attached hydrogen (secondary N) is 1. The number of hydrogen-bond donors (Lipinski definition) is 1. The van der Waals surface area contributed by atoms with Gasteiger partial charge < -0.3 is 10.1 Å². The number of pyridine rings is 1. The molecule has 0 unspecified atom stereocenters. The lowest BCUT2D eigenvalue weighted by atomic mass is 10.1. The van der Waals surface area contributed by atoms with Gasteiger partial charge in [-0.05, 0) is 36.2 Å². The van der Waals surface area contributed by atoms with E-state index in [1.54, 1.807) is 23.3 Å².